The van der Waals surface area contributed by atoms with Crippen molar-refractivity contribution < 1.29 is 9.18 Å². The monoisotopic (exact) mass is 306 g/mol. The number of rotatable bonds is 6. The van der Waals surface area contributed by atoms with Crippen molar-refractivity contribution in [3.05, 3.63) is 46.6 Å². The van der Waals surface area contributed by atoms with Crippen molar-refractivity contribution in [2.45, 2.75) is 13.8 Å². The maximum atomic E-state index is 13.0. The molecule has 0 unspecified atom stereocenters. The quantitative estimate of drug-likeness (QED) is 0.805. The minimum absolute atomic E-state index is 0.0608. The Kier molecular flexibility index (Phi) is 5.47. The molecule has 1 heterocycles. The molecule has 3 nitrogen and oxygen atoms in total. The van der Waals surface area contributed by atoms with Gasteiger partial charge in [0.15, 0.2) is 0 Å². The summed E-state index contributed by atoms with van der Waals surface area (Å²) in [6.45, 7) is 6.25. The lowest BCUT2D eigenvalue weighted by molar-refractivity contribution is 0.0958. The molecule has 0 aliphatic carbocycles. The van der Waals surface area contributed by atoms with Gasteiger partial charge in [-0.25, -0.2) is 4.39 Å². The predicted molar refractivity (Wildman–Crippen MR) is 85.3 cm³/mol. The zero-order chi connectivity index (χ0) is 15.2. The molecule has 0 aliphatic rings. The fourth-order valence-corrected chi connectivity index (χ4v) is 3.10. The van der Waals surface area contributed by atoms with Gasteiger partial charge >= 0.3 is 0 Å². The first-order chi connectivity index (χ1) is 10.1. The molecule has 0 aliphatic heterocycles. The second-order valence-corrected chi connectivity index (χ2v) is 5.79. The molecule has 1 aromatic heterocycles. The van der Waals surface area contributed by atoms with E-state index in [1.54, 1.807) is 12.1 Å². The minimum Gasteiger partial charge on any atom is -0.350 e. The fraction of sp³-hybridized carbons (Fsp3) is 0.312. The van der Waals surface area contributed by atoms with E-state index in [4.69, 9.17) is 0 Å². The fourth-order valence-electron chi connectivity index (χ4n) is 2.01. The molecule has 2 aromatic rings. The summed E-state index contributed by atoms with van der Waals surface area (Å²) < 4.78 is 13.0. The number of amides is 1. The highest BCUT2D eigenvalue weighted by molar-refractivity contribution is 7.17. The third-order valence-corrected chi connectivity index (χ3v) is 4.37. The average molecular weight is 306 g/mol. The Balaban J connectivity index is 2.08. The number of carbonyl (C=O) groups excluding carboxylic acids is 1. The largest absolute Gasteiger partial charge is 0.350 e. The Bertz CT molecular complexity index is 607. The molecular formula is C16H19FN2OS. The van der Waals surface area contributed by atoms with E-state index in [9.17, 15) is 9.18 Å². The number of nitrogens with one attached hydrogen (secondary N) is 2. The van der Waals surface area contributed by atoms with Crippen LogP contribution in [0.25, 0.3) is 10.4 Å². The lowest BCUT2D eigenvalue weighted by Gasteiger charge is -2.03. The van der Waals surface area contributed by atoms with Crippen LogP contribution in [0.4, 0.5) is 4.39 Å². The molecule has 0 atom stereocenters. The van der Waals surface area contributed by atoms with Gasteiger partial charge in [-0.05, 0) is 42.8 Å². The van der Waals surface area contributed by atoms with Gasteiger partial charge in [-0.3, -0.25) is 4.79 Å². The first-order valence-corrected chi connectivity index (χ1v) is 7.78. The molecule has 21 heavy (non-hydrogen) atoms. The number of benzene rings is 1. The van der Waals surface area contributed by atoms with E-state index in [0.29, 0.717) is 11.4 Å². The van der Waals surface area contributed by atoms with Crippen LogP contribution in [-0.4, -0.2) is 25.5 Å². The SMILES string of the molecule is CCNCCNC(=O)c1cc(C)c(-c2ccc(F)cc2)s1. The highest BCUT2D eigenvalue weighted by atomic mass is 32.1. The van der Waals surface area contributed by atoms with E-state index >= 15 is 0 Å². The minimum atomic E-state index is -0.255. The van der Waals surface area contributed by atoms with Crippen molar-refractivity contribution in [1.82, 2.24) is 10.6 Å². The molecule has 0 radical (unpaired) electrons. The average Bonchev–Trinajstić information content (AvgIpc) is 2.86. The molecule has 0 saturated heterocycles. The van der Waals surface area contributed by atoms with Gasteiger partial charge in [-0.15, -0.1) is 11.3 Å². The highest BCUT2D eigenvalue weighted by Gasteiger charge is 2.13. The van der Waals surface area contributed by atoms with Crippen LogP contribution in [0.2, 0.25) is 0 Å². The third-order valence-electron chi connectivity index (χ3n) is 3.09. The Morgan fingerprint density at radius 2 is 1.95 bits per heavy atom. The molecule has 2 N–H and O–H groups in total. The summed E-state index contributed by atoms with van der Waals surface area (Å²) in [4.78, 5) is 13.8. The van der Waals surface area contributed by atoms with Crippen LogP contribution >= 0.6 is 11.3 Å². The maximum absolute atomic E-state index is 13.0. The van der Waals surface area contributed by atoms with Crippen molar-refractivity contribution in [3.63, 3.8) is 0 Å². The molecule has 1 aromatic carbocycles. The second-order valence-electron chi connectivity index (χ2n) is 4.74. The van der Waals surface area contributed by atoms with Gasteiger partial charge in [0.2, 0.25) is 0 Å². The van der Waals surface area contributed by atoms with Crippen LogP contribution in [0.15, 0.2) is 30.3 Å². The Morgan fingerprint density at radius 1 is 1.24 bits per heavy atom. The van der Waals surface area contributed by atoms with Crippen molar-refractivity contribution >= 4 is 17.2 Å². The van der Waals surface area contributed by atoms with E-state index in [1.807, 2.05) is 19.9 Å². The Labute approximate surface area is 128 Å². The van der Waals surface area contributed by atoms with Crippen molar-refractivity contribution in [3.8, 4) is 10.4 Å². The Morgan fingerprint density at radius 3 is 2.62 bits per heavy atom. The highest BCUT2D eigenvalue weighted by Crippen LogP contribution is 2.32. The molecule has 0 spiro atoms. The van der Waals surface area contributed by atoms with Crippen LogP contribution in [0.3, 0.4) is 0 Å². The van der Waals surface area contributed by atoms with Gasteiger partial charge in [0.1, 0.15) is 5.82 Å². The maximum Gasteiger partial charge on any atom is 0.261 e. The number of halogens is 1. The summed E-state index contributed by atoms with van der Waals surface area (Å²) in [5.74, 6) is -0.316. The van der Waals surface area contributed by atoms with E-state index in [2.05, 4.69) is 10.6 Å². The number of likely N-dealkylation sites (N-methyl/N-ethyl adjacent to an activating group) is 1. The topological polar surface area (TPSA) is 41.1 Å². The third kappa shape index (κ3) is 4.12. The molecule has 112 valence electrons. The number of carbonyl (C=O) groups is 1. The summed E-state index contributed by atoms with van der Waals surface area (Å²) in [6.07, 6.45) is 0. The van der Waals surface area contributed by atoms with Crippen LogP contribution in [0, 0.1) is 12.7 Å². The summed E-state index contributed by atoms with van der Waals surface area (Å²) in [5.41, 5.74) is 1.97. The Hall–Kier alpha value is -1.72. The van der Waals surface area contributed by atoms with Gasteiger partial charge in [0.25, 0.3) is 5.91 Å². The van der Waals surface area contributed by atoms with Gasteiger partial charge in [0.05, 0.1) is 4.88 Å². The first kappa shape index (κ1) is 15.7. The van der Waals surface area contributed by atoms with Crippen LogP contribution < -0.4 is 10.6 Å². The van der Waals surface area contributed by atoms with Crippen LogP contribution in [-0.2, 0) is 0 Å². The van der Waals surface area contributed by atoms with Gasteiger partial charge in [-0.2, -0.15) is 0 Å². The zero-order valence-corrected chi connectivity index (χ0v) is 13.0. The molecule has 0 bridgehead atoms. The molecule has 1 amide bonds. The normalized spacial score (nSPS) is 10.6. The van der Waals surface area contributed by atoms with Crippen LogP contribution in [0.5, 0.6) is 0 Å². The van der Waals surface area contributed by atoms with E-state index in [0.717, 1.165) is 29.1 Å². The molecule has 0 fully saturated rings. The first-order valence-electron chi connectivity index (χ1n) is 6.97. The molecule has 0 saturated carbocycles. The lowest BCUT2D eigenvalue weighted by Crippen LogP contribution is -2.31. The lowest BCUT2D eigenvalue weighted by atomic mass is 10.1. The number of hydrogen-bond donors (Lipinski definition) is 2. The number of aryl methyl sites for hydroxylation is 1. The number of hydrogen-bond acceptors (Lipinski definition) is 3. The second kappa shape index (κ2) is 7.33. The van der Waals surface area contributed by atoms with E-state index < -0.39 is 0 Å². The molecular weight excluding hydrogens is 287 g/mol. The van der Waals surface area contributed by atoms with E-state index in [1.165, 1.54) is 23.5 Å². The summed E-state index contributed by atoms with van der Waals surface area (Å²) in [6, 6.07) is 8.23. The predicted octanol–water partition coefficient (Wildman–Crippen LogP) is 3.20. The van der Waals surface area contributed by atoms with Gasteiger partial charge in [-0.1, -0.05) is 19.1 Å². The molecule has 2 rings (SSSR count). The van der Waals surface area contributed by atoms with Crippen LogP contribution in [0.1, 0.15) is 22.2 Å². The number of thiophene rings is 1. The zero-order valence-electron chi connectivity index (χ0n) is 12.2. The smallest absolute Gasteiger partial charge is 0.261 e. The van der Waals surface area contributed by atoms with E-state index in [-0.39, 0.29) is 11.7 Å². The van der Waals surface area contributed by atoms with Gasteiger partial charge < -0.3 is 10.6 Å². The summed E-state index contributed by atoms with van der Waals surface area (Å²) >= 11 is 1.44. The molecule has 5 heteroatoms. The standard InChI is InChI=1S/C16H19FN2OS/c1-3-18-8-9-19-16(20)14-10-11(2)15(21-14)12-4-6-13(17)7-5-12/h4-7,10,18H,3,8-9H2,1-2H3,(H,19,20). The summed E-state index contributed by atoms with van der Waals surface area (Å²) in [7, 11) is 0. The van der Waals surface area contributed by atoms with Crippen molar-refractivity contribution in [1.29, 1.82) is 0 Å². The van der Waals surface area contributed by atoms with Crippen molar-refractivity contribution in [2.24, 2.45) is 0 Å². The van der Waals surface area contributed by atoms with Crippen molar-refractivity contribution in [2.75, 3.05) is 19.6 Å². The summed E-state index contributed by atoms with van der Waals surface area (Å²) in [5, 5.41) is 6.04. The van der Waals surface area contributed by atoms with Gasteiger partial charge in [0, 0.05) is 18.0 Å².